The van der Waals surface area contributed by atoms with Crippen LogP contribution in [0.1, 0.15) is 51.9 Å². The predicted molar refractivity (Wildman–Crippen MR) is 75.8 cm³/mol. The first-order valence-electron chi connectivity index (χ1n) is 7.70. The highest BCUT2D eigenvalue weighted by atomic mass is 16.5. The minimum atomic E-state index is -0.757. The fourth-order valence-corrected chi connectivity index (χ4v) is 3.32. The number of hydrogen-bond donors (Lipinski definition) is 1. The van der Waals surface area contributed by atoms with Crippen LogP contribution in [0.5, 0.6) is 0 Å². The van der Waals surface area contributed by atoms with Gasteiger partial charge < -0.3 is 15.4 Å². The molecule has 0 heterocycles. The molecule has 2 aliphatic carbocycles. The van der Waals surface area contributed by atoms with E-state index in [1.165, 1.54) is 39.3 Å². The number of ether oxygens (including phenoxy) is 1. The number of methoxy groups -OCH3 is 1. The number of esters is 1. The van der Waals surface area contributed by atoms with Crippen molar-refractivity contribution in [3.63, 3.8) is 0 Å². The molecule has 2 N–H and O–H groups in total. The Morgan fingerprint density at radius 1 is 1.42 bits per heavy atom. The van der Waals surface area contributed by atoms with Gasteiger partial charge in [-0.2, -0.15) is 0 Å². The Kier molecular flexibility index (Phi) is 4.85. The highest BCUT2D eigenvalue weighted by molar-refractivity contribution is 5.80. The molecule has 0 radical (unpaired) electrons. The van der Waals surface area contributed by atoms with Crippen LogP contribution in [0.2, 0.25) is 0 Å². The average molecular weight is 268 g/mol. The summed E-state index contributed by atoms with van der Waals surface area (Å²) in [5.41, 5.74) is 5.53. The maximum absolute atomic E-state index is 11.9. The lowest BCUT2D eigenvalue weighted by Crippen LogP contribution is -2.56. The van der Waals surface area contributed by atoms with E-state index < -0.39 is 5.54 Å². The van der Waals surface area contributed by atoms with Crippen LogP contribution in [-0.2, 0) is 9.53 Å². The Morgan fingerprint density at radius 2 is 2.16 bits per heavy atom. The number of hydrogen-bond acceptors (Lipinski definition) is 4. The predicted octanol–water partition coefficient (Wildman–Crippen LogP) is 1.92. The molecule has 110 valence electrons. The normalized spacial score (nSPS) is 31.5. The van der Waals surface area contributed by atoms with Crippen molar-refractivity contribution in [2.24, 2.45) is 11.7 Å². The summed E-state index contributed by atoms with van der Waals surface area (Å²) in [6.07, 6.45) is 7.63. The summed E-state index contributed by atoms with van der Waals surface area (Å²) in [5, 5.41) is 0. The van der Waals surface area contributed by atoms with Crippen molar-refractivity contribution >= 4 is 5.97 Å². The Bertz CT molecular complexity index is 317. The van der Waals surface area contributed by atoms with Crippen molar-refractivity contribution in [2.75, 3.05) is 20.2 Å². The van der Waals surface area contributed by atoms with Gasteiger partial charge in [0, 0.05) is 12.6 Å². The molecule has 0 bridgehead atoms. The summed E-state index contributed by atoms with van der Waals surface area (Å²) in [5.74, 6) is 0.652. The third kappa shape index (κ3) is 3.69. The van der Waals surface area contributed by atoms with E-state index in [2.05, 4.69) is 11.8 Å². The fourth-order valence-electron chi connectivity index (χ4n) is 3.32. The van der Waals surface area contributed by atoms with E-state index in [-0.39, 0.29) is 5.97 Å². The summed E-state index contributed by atoms with van der Waals surface area (Å²) >= 11 is 0. The van der Waals surface area contributed by atoms with Crippen LogP contribution in [0, 0.1) is 5.92 Å². The largest absolute Gasteiger partial charge is 0.468 e. The van der Waals surface area contributed by atoms with E-state index in [1.807, 2.05) is 0 Å². The zero-order valence-electron chi connectivity index (χ0n) is 12.4. The van der Waals surface area contributed by atoms with Gasteiger partial charge in [0.05, 0.1) is 7.11 Å². The summed E-state index contributed by atoms with van der Waals surface area (Å²) in [4.78, 5) is 14.5. The van der Waals surface area contributed by atoms with Gasteiger partial charge in [-0.25, -0.2) is 0 Å². The summed E-state index contributed by atoms with van der Waals surface area (Å²) in [6, 6.07) is 0.457. The van der Waals surface area contributed by atoms with Crippen molar-refractivity contribution in [1.29, 1.82) is 0 Å². The molecule has 0 amide bonds. The lowest BCUT2D eigenvalue weighted by Gasteiger charge is -2.41. The fraction of sp³-hybridized carbons (Fsp3) is 0.933. The van der Waals surface area contributed by atoms with Gasteiger partial charge in [0.25, 0.3) is 0 Å². The highest BCUT2D eigenvalue weighted by Crippen LogP contribution is 2.35. The zero-order chi connectivity index (χ0) is 13.9. The van der Waals surface area contributed by atoms with E-state index in [4.69, 9.17) is 10.5 Å². The molecule has 0 aromatic carbocycles. The molecule has 2 unspecified atom stereocenters. The van der Waals surface area contributed by atoms with Crippen molar-refractivity contribution < 1.29 is 9.53 Å². The maximum Gasteiger partial charge on any atom is 0.325 e. The monoisotopic (exact) mass is 268 g/mol. The van der Waals surface area contributed by atoms with Gasteiger partial charge in [0.15, 0.2) is 0 Å². The molecule has 0 aromatic rings. The summed E-state index contributed by atoms with van der Waals surface area (Å²) in [6.45, 7) is 4.53. The molecule has 2 atom stereocenters. The molecule has 2 rings (SSSR count). The van der Waals surface area contributed by atoms with Crippen LogP contribution in [0.4, 0.5) is 0 Å². The zero-order valence-corrected chi connectivity index (χ0v) is 12.4. The third-order valence-electron chi connectivity index (χ3n) is 4.57. The van der Waals surface area contributed by atoms with Crippen LogP contribution in [0.25, 0.3) is 0 Å². The van der Waals surface area contributed by atoms with E-state index in [0.29, 0.717) is 6.04 Å². The van der Waals surface area contributed by atoms with Crippen LogP contribution in [0.3, 0.4) is 0 Å². The second-order valence-electron chi connectivity index (χ2n) is 6.34. The van der Waals surface area contributed by atoms with E-state index in [0.717, 1.165) is 31.7 Å². The van der Waals surface area contributed by atoms with Crippen LogP contribution in [-0.4, -0.2) is 42.6 Å². The molecule has 4 heteroatoms. The smallest absolute Gasteiger partial charge is 0.325 e. The topological polar surface area (TPSA) is 55.6 Å². The standard InChI is InChI=1S/C15H28N2O2/c1-3-9-17(11-12-6-7-12)13-5-4-8-15(16,10-13)14(18)19-2/h12-13H,3-11,16H2,1-2H3. The Hall–Kier alpha value is -0.610. The van der Waals surface area contributed by atoms with Crippen molar-refractivity contribution in [2.45, 2.75) is 63.5 Å². The van der Waals surface area contributed by atoms with Gasteiger partial charge in [0.2, 0.25) is 0 Å². The average Bonchev–Trinajstić information content (AvgIpc) is 3.21. The molecule has 0 aliphatic heterocycles. The highest BCUT2D eigenvalue weighted by Gasteiger charge is 2.42. The van der Waals surface area contributed by atoms with Crippen LogP contribution in [0.15, 0.2) is 0 Å². The van der Waals surface area contributed by atoms with Gasteiger partial charge in [0.1, 0.15) is 5.54 Å². The minimum absolute atomic E-state index is 0.236. The molecule has 2 saturated carbocycles. The first-order valence-corrected chi connectivity index (χ1v) is 7.70. The van der Waals surface area contributed by atoms with Gasteiger partial charge in [-0.15, -0.1) is 0 Å². The van der Waals surface area contributed by atoms with Gasteiger partial charge in [-0.1, -0.05) is 6.92 Å². The van der Waals surface area contributed by atoms with E-state index in [1.54, 1.807) is 0 Å². The van der Waals surface area contributed by atoms with Crippen LogP contribution < -0.4 is 5.73 Å². The minimum Gasteiger partial charge on any atom is -0.468 e. The van der Waals surface area contributed by atoms with Gasteiger partial charge in [-0.3, -0.25) is 4.79 Å². The number of carbonyl (C=O) groups excluding carboxylic acids is 1. The van der Waals surface area contributed by atoms with E-state index in [9.17, 15) is 4.79 Å². The Morgan fingerprint density at radius 3 is 2.74 bits per heavy atom. The van der Waals surface area contributed by atoms with Crippen molar-refractivity contribution in [3.8, 4) is 0 Å². The van der Waals surface area contributed by atoms with Gasteiger partial charge >= 0.3 is 5.97 Å². The molecule has 2 fully saturated rings. The number of nitrogens with two attached hydrogens (primary N) is 1. The quantitative estimate of drug-likeness (QED) is 0.748. The van der Waals surface area contributed by atoms with E-state index >= 15 is 0 Å². The number of rotatable bonds is 6. The second kappa shape index (κ2) is 6.23. The molecule has 0 aromatic heterocycles. The number of carbonyl (C=O) groups is 1. The molecule has 4 nitrogen and oxygen atoms in total. The maximum atomic E-state index is 11.9. The van der Waals surface area contributed by atoms with Gasteiger partial charge in [-0.05, 0) is 57.4 Å². The first-order chi connectivity index (χ1) is 9.09. The SMILES string of the molecule is CCCN(CC1CC1)C1CCCC(N)(C(=O)OC)C1. The first kappa shape index (κ1) is 14.8. The summed E-state index contributed by atoms with van der Waals surface area (Å²) in [7, 11) is 1.44. The van der Waals surface area contributed by atoms with Crippen molar-refractivity contribution in [1.82, 2.24) is 4.90 Å². The molecule has 0 saturated heterocycles. The summed E-state index contributed by atoms with van der Waals surface area (Å²) < 4.78 is 4.89. The third-order valence-corrected chi connectivity index (χ3v) is 4.57. The second-order valence-corrected chi connectivity index (χ2v) is 6.34. The molecular formula is C15H28N2O2. The van der Waals surface area contributed by atoms with Crippen LogP contribution >= 0.6 is 0 Å². The Balaban J connectivity index is 1.98. The Labute approximate surface area is 116 Å². The molecule has 19 heavy (non-hydrogen) atoms. The molecular weight excluding hydrogens is 240 g/mol. The number of nitrogens with zero attached hydrogens (tertiary/aromatic N) is 1. The lowest BCUT2D eigenvalue weighted by molar-refractivity contribution is -0.149. The van der Waals surface area contributed by atoms with Crippen molar-refractivity contribution in [3.05, 3.63) is 0 Å². The molecule has 2 aliphatic rings. The molecule has 0 spiro atoms. The lowest BCUT2D eigenvalue weighted by atomic mass is 9.79.